The highest BCUT2D eigenvalue weighted by atomic mass is 32.1. The minimum absolute atomic E-state index is 0.157. The maximum atomic E-state index is 6.09. The molecule has 1 unspecified atom stereocenters. The van der Waals surface area contributed by atoms with Crippen LogP contribution in [0.1, 0.15) is 25.1 Å². The number of hydrogen-bond acceptors (Lipinski definition) is 3. The van der Waals surface area contributed by atoms with Crippen LogP contribution < -0.4 is 5.73 Å². The van der Waals surface area contributed by atoms with E-state index in [0.29, 0.717) is 6.04 Å². The highest BCUT2D eigenvalue weighted by Gasteiger charge is 2.38. The lowest BCUT2D eigenvalue weighted by Crippen LogP contribution is -2.48. The summed E-state index contributed by atoms with van der Waals surface area (Å²) in [7, 11) is 0. The monoisotopic (exact) mass is 210 g/mol. The Balaban J connectivity index is 2.06. The Morgan fingerprint density at radius 3 is 2.93 bits per heavy atom. The quantitative estimate of drug-likeness (QED) is 0.809. The van der Waals surface area contributed by atoms with Gasteiger partial charge in [-0.15, -0.1) is 11.3 Å². The Morgan fingerprint density at radius 2 is 2.43 bits per heavy atom. The van der Waals surface area contributed by atoms with Crippen LogP contribution in [0.5, 0.6) is 0 Å². The van der Waals surface area contributed by atoms with Crippen LogP contribution in [-0.2, 0) is 6.54 Å². The highest BCUT2D eigenvalue weighted by Crippen LogP contribution is 2.29. The van der Waals surface area contributed by atoms with Crippen molar-refractivity contribution in [3.63, 3.8) is 0 Å². The zero-order valence-electron chi connectivity index (χ0n) is 8.86. The first-order chi connectivity index (χ1) is 6.60. The molecule has 2 N–H and O–H groups in total. The molecule has 0 aliphatic carbocycles. The second-order valence-corrected chi connectivity index (χ2v) is 5.58. The Morgan fingerprint density at radius 1 is 1.64 bits per heavy atom. The van der Waals surface area contributed by atoms with Crippen molar-refractivity contribution in [2.24, 2.45) is 5.73 Å². The van der Waals surface area contributed by atoms with Crippen molar-refractivity contribution < 1.29 is 0 Å². The van der Waals surface area contributed by atoms with Gasteiger partial charge in [0.05, 0.1) is 0 Å². The Hall–Kier alpha value is -0.380. The standard InChI is InChI=1S/C11H18N2S/c1-11(2)10(12)5-6-13(11)8-9-4-3-7-14-9/h3-4,7,10H,5-6,8,12H2,1-2H3. The van der Waals surface area contributed by atoms with E-state index in [1.807, 2.05) is 11.3 Å². The summed E-state index contributed by atoms with van der Waals surface area (Å²) in [4.78, 5) is 3.93. The summed E-state index contributed by atoms with van der Waals surface area (Å²) in [6.45, 7) is 6.68. The largest absolute Gasteiger partial charge is 0.326 e. The molecule has 3 heteroatoms. The maximum Gasteiger partial charge on any atom is 0.0333 e. The van der Waals surface area contributed by atoms with Gasteiger partial charge in [-0.2, -0.15) is 0 Å². The highest BCUT2D eigenvalue weighted by molar-refractivity contribution is 7.09. The smallest absolute Gasteiger partial charge is 0.0333 e. The number of thiophene rings is 1. The Labute approximate surface area is 89.7 Å². The van der Waals surface area contributed by atoms with E-state index in [0.717, 1.165) is 19.5 Å². The van der Waals surface area contributed by atoms with Crippen LogP contribution in [0.4, 0.5) is 0 Å². The molecule has 2 nitrogen and oxygen atoms in total. The van der Waals surface area contributed by atoms with Crippen LogP contribution in [0, 0.1) is 0 Å². The van der Waals surface area contributed by atoms with Gasteiger partial charge in [0, 0.05) is 29.5 Å². The molecule has 2 rings (SSSR count). The van der Waals surface area contributed by atoms with E-state index in [1.165, 1.54) is 4.88 Å². The fourth-order valence-electron chi connectivity index (χ4n) is 2.04. The van der Waals surface area contributed by atoms with Gasteiger partial charge in [0.15, 0.2) is 0 Å². The van der Waals surface area contributed by atoms with E-state index in [9.17, 15) is 0 Å². The van der Waals surface area contributed by atoms with Crippen LogP contribution in [-0.4, -0.2) is 23.0 Å². The van der Waals surface area contributed by atoms with Crippen molar-refractivity contribution in [3.05, 3.63) is 22.4 Å². The molecule has 1 aromatic heterocycles. The number of rotatable bonds is 2. The fraction of sp³-hybridized carbons (Fsp3) is 0.636. The van der Waals surface area contributed by atoms with E-state index in [2.05, 4.69) is 36.3 Å². The normalized spacial score (nSPS) is 26.9. The molecule has 1 atom stereocenters. The molecule has 0 spiro atoms. The summed E-state index contributed by atoms with van der Waals surface area (Å²) in [5.41, 5.74) is 6.25. The first-order valence-electron chi connectivity index (χ1n) is 5.14. The van der Waals surface area contributed by atoms with Crippen LogP contribution in [0.15, 0.2) is 17.5 Å². The van der Waals surface area contributed by atoms with Gasteiger partial charge in [-0.25, -0.2) is 0 Å². The van der Waals surface area contributed by atoms with Gasteiger partial charge in [-0.1, -0.05) is 6.07 Å². The van der Waals surface area contributed by atoms with Crippen molar-refractivity contribution in [2.75, 3.05) is 6.54 Å². The molecule has 0 saturated carbocycles. The molecule has 1 saturated heterocycles. The van der Waals surface area contributed by atoms with Gasteiger partial charge < -0.3 is 5.73 Å². The molecule has 0 aromatic carbocycles. The molecule has 1 aliphatic heterocycles. The van der Waals surface area contributed by atoms with Crippen LogP contribution in [0.25, 0.3) is 0 Å². The summed E-state index contributed by atoms with van der Waals surface area (Å²) < 4.78 is 0. The zero-order valence-corrected chi connectivity index (χ0v) is 9.68. The van der Waals surface area contributed by atoms with Crippen molar-refractivity contribution in [1.29, 1.82) is 0 Å². The van der Waals surface area contributed by atoms with Gasteiger partial charge in [0.1, 0.15) is 0 Å². The first kappa shape index (κ1) is 10.1. The van der Waals surface area contributed by atoms with Crippen molar-refractivity contribution >= 4 is 11.3 Å². The second kappa shape index (κ2) is 3.65. The summed E-state index contributed by atoms with van der Waals surface area (Å²) in [5.74, 6) is 0. The molecule has 0 radical (unpaired) electrons. The average Bonchev–Trinajstić information content (AvgIpc) is 2.70. The molecule has 0 amide bonds. The van der Waals surface area contributed by atoms with Crippen molar-refractivity contribution in [1.82, 2.24) is 4.90 Å². The summed E-state index contributed by atoms with van der Waals surface area (Å²) in [5, 5.41) is 2.14. The van der Waals surface area contributed by atoms with Crippen molar-refractivity contribution in [2.45, 2.75) is 38.4 Å². The molecule has 2 heterocycles. The van der Waals surface area contributed by atoms with E-state index in [1.54, 1.807) is 0 Å². The minimum Gasteiger partial charge on any atom is -0.326 e. The lowest BCUT2D eigenvalue weighted by molar-refractivity contribution is 0.156. The minimum atomic E-state index is 0.157. The molecular formula is C11H18N2S. The Bertz CT molecular complexity index is 292. The average molecular weight is 210 g/mol. The zero-order chi connectivity index (χ0) is 10.2. The SMILES string of the molecule is CC1(C)C(N)CCN1Cc1cccs1. The number of nitrogens with zero attached hydrogens (tertiary/aromatic N) is 1. The third kappa shape index (κ3) is 1.72. The van der Waals surface area contributed by atoms with E-state index in [4.69, 9.17) is 5.73 Å². The molecule has 14 heavy (non-hydrogen) atoms. The fourth-order valence-corrected chi connectivity index (χ4v) is 2.76. The molecule has 1 aromatic rings. The third-order valence-corrected chi connectivity index (χ3v) is 4.22. The lowest BCUT2D eigenvalue weighted by Gasteiger charge is -2.34. The lowest BCUT2D eigenvalue weighted by atomic mass is 9.97. The Kier molecular flexibility index (Phi) is 2.64. The topological polar surface area (TPSA) is 29.3 Å². The van der Waals surface area contributed by atoms with Gasteiger partial charge in [0.2, 0.25) is 0 Å². The van der Waals surface area contributed by atoms with Crippen LogP contribution in [0.2, 0.25) is 0 Å². The number of likely N-dealkylation sites (tertiary alicyclic amines) is 1. The van der Waals surface area contributed by atoms with E-state index in [-0.39, 0.29) is 5.54 Å². The first-order valence-corrected chi connectivity index (χ1v) is 6.01. The summed E-state index contributed by atoms with van der Waals surface area (Å²) in [6, 6.07) is 4.63. The third-order valence-electron chi connectivity index (χ3n) is 3.36. The molecular weight excluding hydrogens is 192 g/mol. The van der Waals surface area contributed by atoms with Gasteiger partial charge in [-0.3, -0.25) is 4.90 Å². The van der Waals surface area contributed by atoms with Crippen LogP contribution in [0.3, 0.4) is 0 Å². The van der Waals surface area contributed by atoms with Gasteiger partial charge >= 0.3 is 0 Å². The summed E-state index contributed by atoms with van der Waals surface area (Å²) in [6.07, 6.45) is 1.12. The van der Waals surface area contributed by atoms with E-state index >= 15 is 0 Å². The number of nitrogens with two attached hydrogens (primary N) is 1. The van der Waals surface area contributed by atoms with Gasteiger partial charge in [-0.05, 0) is 31.7 Å². The molecule has 0 bridgehead atoms. The van der Waals surface area contributed by atoms with Crippen LogP contribution >= 0.6 is 11.3 Å². The second-order valence-electron chi connectivity index (χ2n) is 4.55. The molecule has 1 aliphatic rings. The maximum absolute atomic E-state index is 6.09. The molecule has 1 fully saturated rings. The number of hydrogen-bond donors (Lipinski definition) is 1. The van der Waals surface area contributed by atoms with Crippen molar-refractivity contribution in [3.8, 4) is 0 Å². The predicted molar refractivity (Wildman–Crippen MR) is 61.4 cm³/mol. The summed E-state index contributed by atoms with van der Waals surface area (Å²) >= 11 is 1.83. The molecule has 78 valence electrons. The van der Waals surface area contributed by atoms with Gasteiger partial charge in [0.25, 0.3) is 0 Å². The van der Waals surface area contributed by atoms with E-state index < -0.39 is 0 Å². The predicted octanol–water partition coefficient (Wildman–Crippen LogP) is 2.06.